The number of carbonyl (C=O) groups is 1. The van der Waals surface area contributed by atoms with E-state index < -0.39 is 24.2 Å². The van der Waals surface area contributed by atoms with Gasteiger partial charge in [-0.3, -0.25) is 15.6 Å². The Bertz CT molecular complexity index is 587. The number of hydrogen-bond donors (Lipinski definition) is 4. The minimum atomic E-state index is -4.43. The predicted octanol–water partition coefficient (Wildman–Crippen LogP) is 0.929. The van der Waals surface area contributed by atoms with Crippen LogP contribution in [0.3, 0.4) is 0 Å². The van der Waals surface area contributed by atoms with E-state index in [2.05, 4.69) is 26.6 Å². The van der Waals surface area contributed by atoms with Crippen LogP contribution < -0.4 is 21.5 Å². The molecule has 0 aromatic carbocycles. The number of nitrogens with zero attached hydrogens (tertiary/aromatic N) is 2. The van der Waals surface area contributed by atoms with Crippen molar-refractivity contribution in [2.75, 3.05) is 12.4 Å². The molecule has 0 aliphatic carbocycles. The highest BCUT2D eigenvalue weighted by Gasteiger charge is 2.46. The molecule has 22 heavy (non-hydrogen) atoms. The Balaban J connectivity index is 2.25. The summed E-state index contributed by atoms with van der Waals surface area (Å²) >= 11 is 4.79. The van der Waals surface area contributed by atoms with Crippen LogP contribution in [0.4, 0.5) is 19.0 Å². The van der Waals surface area contributed by atoms with Gasteiger partial charge in [0.1, 0.15) is 11.4 Å². The van der Waals surface area contributed by atoms with Crippen LogP contribution in [0, 0.1) is 0 Å². The zero-order chi connectivity index (χ0) is 16.5. The van der Waals surface area contributed by atoms with E-state index in [1.54, 1.807) is 14.0 Å². The number of thiocarbonyl (C=S) groups is 1. The molecule has 0 fully saturated rings. The summed E-state index contributed by atoms with van der Waals surface area (Å²) in [6.07, 6.45) is -3.49. The number of amides is 1. The minimum absolute atomic E-state index is 0.00667. The summed E-state index contributed by atoms with van der Waals surface area (Å²) in [4.78, 5) is 12.0. The van der Waals surface area contributed by atoms with Crippen LogP contribution in [0.1, 0.15) is 29.7 Å². The van der Waals surface area contributed by atoms with Crippen molar-refractivity contribution < 1.29 is 18.0 Å². The number of hydrazine groups is 1. The van der Waals surface area contributed by atoms with Crippen molar-refractivity contribution >= 4 is 29.1 Å². The first-order valence-corrected chi connectivity index (χ1v) is 6.83. The molecule has 7 nitrogen and oxygen atoms in total. The number of carbonyl (C=O) groups excluding carboxylic acids is 1. The van der Waals surface area contributed by atoms with E-state index in [0.717, 1.165) is 10.9 Å². The second-order valence-corrected chi connectivity index (χ2v) is 5.26. The maximum atomic E-state index is 13.1. The Morgan fingerprint density at radius 3 is 2.77 bits per heavy atom. The van der Waals surface area contributed by atoms with Crippen molar-refractivity contribution in [3.05, 3.63) is 11.8 Å². The molecule has 0 spiro atoms. The van der Waals surface area contributed by atoms with E-state index in [1.165, 1.54) is 0 Å². The molecule has 0 saturated carbocycles. The molecule has 2 rings (SSSR count). The normalized spacial score (nSPS) is 20.6. The van der Waals surface area contributed by atoms with E-state index in [0.29, 0.717) is 0 Å². The molecule has 4 N–H and O–H groups in total. The molecule has 1 aliphatic rings. The fraction of sp³-hybridized carbons (Fsp3) is 0.545. The molecule has 1 amide bonds. The zero-order valence-electron chi connectivity index (χ0n) is 11.8. The van der Waals surface area contributed by atoms with Crippen molar-refractivity contribution in [1.82, 2.24) is 25.9 Å². The number of anilines is 1. The number of hydrogen-bond acceptors (Lipinski definition) is 4. The summed E-state index contributed by atoms with van der Waals surface area (Å²) < 4.78 is 40.0. The number of nitrogens with one attached hydrogen (secondary N) is 4. The Hall–Kier alpha value is -2.04. The average Bonchev–Trinajstić information content (AvgIpc) is 2.85. The van der Waals surface area contributed by atoms with Gasteiger partial charge >= 0.3 is 6.18 Å². The molecule has 0 unspecified atom stereocenters. The van der Waals surface area contributed by atoms with E-state index in [9.17, 15) is 18.0 Å². The molecule has 2 atom stereocenters. The van der Waals surface area contributed by atoms with Gasteiger partial charge in [-0.05, 0) is 25.6 Å². The number of rotatable bonds is 1. The van der Waals surface area contributed by atoms with E-state index in [-0.39, 0.29) is 22.9 Å². The summed E-state index contributed by atoms with van der Waals surface area (Å²) in [6, 6.07) is -2.19. The Kier molecular flexibility index (Phi) is 4.44. The van der Waals surface area contributed by atoms with Crippen molar-refractivity contribution in [2.45, 2.75) is 31.6 Å². The fourth-order valence-electron chi connectivity index (χ4n) is 2.15. The maximum absolute atomic E-state index is 13.1. The summed E-state index contributed by atoms with van der Waals surface area (Å²) in [5.74, 6) is -0.600. The van der Waals surface area contributed by atoms with Gasteiger partial charge < -0.3 is 10.6 Å². The number of halogens is 3. The first kappa shape index (κ1) is 16.3. The second-order valence-electron chi connectivity index (χ2n) is 4.85. The average molecular weight is 336 g/mol. The number of fused-ring (bicyclic) bond motifs is 1. The van der Waals surface area contributed by atoms with Gasteiger partial charge in [-0.1, -0.05) is 0 Å². The lowest BCUT2D eigenvalue weighted by molar-refractivity contribution is -0.173. The van der Waals surface area contributed by atoms with Gasteiger partial charge in [0.15, 0.2) is 11.2 Å². The Morgan fingerprint density at radius 2 is 2.18 bits per heavy atom. The van der Waals surface area contributed by atoms with Crippen molar-refractivity contribution in [1.29, 1.82) is 0 Å². The van der Waals surface area contributed by atoms with Gasteiger partial charge in [0.05, 0.1) is 6.20 Å². The third-order valence-corrected chi connectivity index (χ3v) is 3.50. The van der Waals surface area contributed by atoms with Crippen molar-refractivity contribution in [2.24, 2.45) is 0 Å². The molecule has 1 aromatic heterocycles. The first-order chi connectivity index (χ1) is 10.2. The first-order valence-electron chi connectivity index (χ1n) is 6.43. The van der Waals surface area contributed by atoms with Crippen LogP contribution in [0.15, 0.2) is 6.20 Å². The molecule has 0 saturated heterocycles. The molecular weight excluding hydrogens is 321 g/mol. The monoisotopic (exact) mass is 336 g/mol. The van der Waals surface area contributed by atoms with E-state index in [1.807, 2.05) is 0 Å². The van der Waals surface area contributed by atoms with Crippen molar-refractivity contribution in [3.8, 4) is 0 Å². The summed E-state index contributed by atoms with van der Waals surface area (Å²) in [5, 5.41) is 9.31. The second kappa shape index (κ2) is 5.99. The van der Waals surface area contributed by atoms with Crippen LogP contribution in [0.25, 0.3) is 0 Å². The highest BCUT2D eigenvalue weighted by atomic mass is 32.1. The highest BCUT2D eigenvalue weighted by Crippen LogP contribution is 2.39. The van der Waals surface area contributed by atoms with Gasteiger partial charge in [0, 0.05) is 13.1 Å². The van der Waals surface area contributed by atoms with Crippen LogP contribution >= 0.6 is 12.2 Å². The molecule has 2 heterocycles. The zero-order valence-corrected chi connectivity index (χ0v) is 12.6. The van der Waals surface area contributed by atoms with Crippen LogP contribution in [0.5, 0.6) is 0 Å². The van der Waals surface area contributed by atoms with Crippen LogP contribution in [-0.4, -0.2) is 40.1 Å². The van der Waals surface area contributed by atoms with Gasteiger partial charge in [-0.25, -0.2) is 4.68 Å². The third kappa shape index (κ3) is 3.24. The Morgan fingerprint density at radius 1 is 1.50 bits per heavy atom. The van der Waals surface area contributed by atoms with E-state index in [4.69, 9.17) is 12.2 Å². The lowest BCUT2D eigenvalue weighted by atomic mass is 10.1. The molecule has 0 bridgehead atoms. The Labute approximate surface area is 129 Å². The SMILES string of the molecule is CNC(=S)NNC(=O)c1cnn2c1N[C@@H](C)C[C@@H]2C(F)(F)F. The summed E-state index contributed by atoms with van der Waals surface area (Å²) in [6.45, 7) is 1.62. The lowest BCUT2D eigenvalue weighted by Gasteiger charge is -2.31. The van der Waals surface area contributed by atoms with Crippen LogP contribution in [-0.2, 0) is 0 Å². The molecule has 1 aromatic rings. The maximum Gasteiger partial charge on any atom is 0.410 e. The van der Waals surface area contributed by atoms with Gasteiger partial charge in [0.2, 0.25) is 0 Å². The van der Waals surface area contributed by atoms with Gasteiger partial charge in [0.25, 0.3) is 5.91 Å². The largest absolute Gasteiger partial charge is 0.410 e. The fourth-order valence-corrected chi connectivity index (χ4v) is 2.20. The summed E-state index contributed by atoms with van der Waals surface area (Å²) in [7, 11) is 1.56. The predicted molar refractivity (Wildman–Crippen MR) is 77.3 cm³/mol. The van der Waals surface area contributed by atoms with Gasteiger partial charge in [-0.15, -0.1) is 0 Å². The van der Waals surface area contributed by atoms with Gasteiger partial charge in [-0.2, -0.15) is 18.3 Å². The molecule has 122 valence electrons. The number of aromatic nitrogens is 2. The lowest BCUT2D eigenvalue weighted by Crippen LogP contribution is -2.46. The highest BCUT2D eigenvalue weighted by molar-refractivity contribution is 7.80. The minimum Gasteiger partial charge on any atom is -0.367 e. The third-order valence-electron chi connectivity index (χ3n) is 3.19. The van der Waals surface area contributed by atoms with Crippen LogP contribution in [0.2, 0.25) is 0 Å². The molecule has 0 radical (unpaired) electrons. The van der Waals surface area contributed by atoms with Crippen molar-refractivity contribution in [3.63, 3.8) is 0 Å². The smallest absolute Gasteiger partial charge is 0.367 e. The molecule has 11 heteroatoms. The van der Waals surface area contributed by atoms with E-state index >= 15 is 0 Å². The molecule has 1 aliphatic heterocycles. The quantitative estimate of drug-likeness (QED) is 0.451. The molecular formula is C11H15F3N6OS. The summed E-state index contributed by atoms with van der Waals surface area (Å²) in [5.41, 5.74) is 4.71. The standard InChI is InChI=1S/C11H15F3N6OS/c1-5-3-7(11(12,13)14)20-8(17-5)6(4-16-20)9(21)18-19-10(22)15-2/h4-5,7,17H,3H2,1-2H3,(H,18,21)(H2,15,19,22)/t5-,7+/m0/s1. The number of alkyl halides is 3. The topological polar surface area (TPSA) is 83.0 Å².